The van der Waals surface area contributed by atoms with Crippen molar-refractivity contribution in [3.63, 3.8) is 0 Å². The van der Waals surface area contributed by atoms with Crippen LogP contribution in [0.25, 0.3) is 0 Å². The Labute approximate surface area is 169 Å². The minimum Gasteiger partial charge on any atom is -0.337 e. The van der Waals surface area contributed by atoms with Crippen LogP contribution in [0.2, 0.25) is 0 Å². The molecule has 0 aliphatic carbocycles. The lowest BCUT2D eigenvalue weighted by molar-refractivity contribution is 0.0715. The summed E-state index contributed by atoms with van der Waals surface area (Å²) in [5.74, 6) is -0.408. The minimum atomic E-state index is -0.356. The number of halogens is 1. The number of carbonyl (C=O) groups is 2. The molecule has 3 heterocycles. The molecule has 0 radical (unpaired) electrons. The Morgan fingerprint density at radius 3 is 2.59 bits per heavy atom. The van der Waals surface area contributed by atoms with Gasteiger partial charge in [-0.1, -0.05) is 6.07 Å². The summed E-state index contributed by atoms with van der Waals surface area (Å²) in [4.78, 5) is 29.3. The highest BCUT2D eigenvalue weighted by Crippen LogP contribution is 2.25. The molecule has 0 bridgehead atoms. The summed E-state index contributed by atoms with van der Waals surface area (Å²) < 4.78 is 15.5. The number of amides is 3. The van der Waals surface area contributed by atoms with Crippen LogP contribution in [-0.4, -0.2) is 51.2 Å². The zero-order valence-electron chi connectivity index (χ0n) is 16.9. The number of piperidine rings is 1. The molecule has 7 nitrogen and oxygen atoms in total. The molecule has 3 amide bonds. The molecule has 0 unspecified atom stereocenters. The van der Waals surface area contributed by atoms with Crippen LogP contribution >= 0.6 is 0 Å². The van der Waals surface area contributed by atoms with Crippen LogP contribution in [-0.2, 0) is 20.0 Å². The van der Waals surface area contributed by atoms with E-state index < -0.39 is 0 Å². The quantitative estimate of drug-likeness (QED) is 0.844. The van der Waals surface area contributed by atoms with E-state index in [-0.39, 0.29) is 17.8 Å². The Hall–Kier alpha value is -2.90. The van der Waals surface area contributed by atoms with Gasteiger partial charge in [-0.15, -0.1) is 0 Å². The number of carbonyl (C=O) groups excluding carboxylic acids is 2. The maximum absolute atomic E-state index is 13.8. The highest BCUT2D eigenvalue weighted by Gasteiger charge is 2.31. The topological polar surface area (TPSA) is 70.5 Å². The SMILES string of the molecule is Cc1ccc(NC(=O)N2CCc3c(c(C(=O)N4CCCCC4)nn3C)C2)cc1F. The van der Waals surface area contributed by atoms with Crippen molar-refractivity contribution in [3.8, 4) is 0 Å². The predicted molar refractivity (Wildman–Crippen MR) is 107 cm³/mol. The molecule has 154 valence electrons. The second kappa shape index (κ2) is 7.85. The number of anilines is 1. The number of aryl methyl sites for hydroxylation is 2. The van der Waals surface area contributed by atoms with Gasteiger partial charge in [0.1, 0.15) is 5.82 Å². The molecular formula is C21H26FN5O2. The minimum absolute atomic E-state index is 0.0515. The molecule has 1 N–H and O–H groups in total. The first-order chi connectivity index (χ1) is 13.9. The molecule has 4 rings (SSSR count). The van der Waals surface area contributed by atoms with Crippen LogP contribution in [0, 0.1) is 12.7 Å². The van der Waals surface area contributed by atoms with Gasteiger partial charge in [-0.3, -0.25) is 9.48 Å². The van der Waals surface area contributed by atoms with Crippen LogP contribution in [0.4, 0.5) is 14.9 Å². The van der Waals surface area contributed by atoms with E-state index in [2.05, 4.69) is 10.4 Å². The molecule has 8 heteroatoms. The summed E-state index contributed by atoms with van der Waals surface area (Å²) in [5.41, 5.74) is 3.21. The van der Waals surface area contributed by atoms with Crippen molar-refractivity contribution in [2.45, 2.75) is 39.2 Å². The lowest BCUT2D eigenvalue weighted by atomic mass is 10.0. The first-order valence-electron chi connectivity index (χ1n) is 10.1. The number of hydrogen-bond acceptors (Lipinski definition) is 3. The van der Waals surface area contributed by atoms with E-state index >= 15 is 0 Å². The van der Waals surface area contributed by atoms with E-state index in [4.69, 9.17) is 0 Å². The molecule has 0 saturated carbocycles. The summed E-state index contributed by atoms with van der Waals surface area (Å²) in [6.45, 7) is 4.03. The summed E-state index contributed by atoms with van der Waals surface area (Å²) in [5, 5.41) is 7.24. The third kappa shape index (κ3) is 3.83. The first kappa shape index (κ1) is 19.4. The Kier molecular flexibility index (Phi) is 5.25. The molecule has 1 fully saturated rings. The summed E-state index contributed by atoms with van der Waals surface area (Å²) in [7, 11) is 1.84. The first-order valence-corrected chi connectivity index (χ1v) is 10.1. The third-order valence-corrected chi connectivity index (χ3v) is 5.80. The average Bonchev–Trinajstić information content (AvgIpc) is 3.07. The van der Waals surface area contributed by atoms with Crippen LogP contribution in [0.1, 0.15) is 46.6 Å². The second-order valence-electron chi connectivity index (χ2n) is 7.82. The monoisotopic (exact) mass is 399 g/mol. The molecule has 2 aliphatic rings. The van der Waals surface area contributed by atoms with E-state index in [1.807, 2.05) is 11.9 Å². The van der Waals surface area contributed by atoms with Crippen LogP contribution in [0.5, 0.6) is 0 Å². The molecule has 0 spiro atoms. The third-order valence-electron chi connectivity index (χ3n) is 5.80. The summed E-state index contributed by atoms with van der Waals surface area (Å²) in [6, 6.07) is 4.33. The molecule has 2 aromatic rings. The van der Waals surface area contributed by atoms with Gasteiger partial charge in [-0.25, -0.2) is 9.18 Å². The Morgan fingerprint density at radius 2 is 1.86 bits per heavy atom. The highest BCUT2D eigenvalue weighted by atomic mass is 19.1. The van der Waals surface area contributed by atoms with Crippen LogP contribution < -0.4 is 5.32 Å². The number of nitrogens with zero attached hydrogens (tertiary/aromatic N) is 4. The van der Waals surface area contributed by atoms with Crippen molar-refractivity contribution >= 4 is 17.6 Å². The van der Waals surface area contributed by atoms with Crippen molar-refractivity contribution < 1.29 is 14.0 Å². The smallest absolute Gasteiger partial charge is 0.322 e. The van der Waals surface area contributed by atoms with E-state index in [1.54, 1.807) is 28.6 Å². The van der Waals surface area contributed by atoms with Gasteiger partial charge in [0.15, 0.2) is 5.69 Å². The largest absolute Gasteiger partial charge is 0.337 e. The van der Waals surface area contributed by atoms with Crippen molar-refractivity contribution in [2.24, 2.45) is 7.05 Å². The number of benzene rings is 1. The number of hydrogen-bond donors (Lipinski definition) is 1. The van der Waals surface area contributed by atoms with E-state index in [9.17, 15) is 14.0 Å². The molecule has 0 atom stereocenters. The van der Waals surface area contributed by atoms with E-state index in [0.717, 1.165) is 43.6 Å². The zero-order chi connectivity index (χ0) is 20.5. The molecule has 1 aromatic carbocycles. The highest BCUT2D eigenvalue weighted by molar-refractivity contribution is 5.95. The summed E-state index contributed by atoms with van der Waals surface area (Å²) in [6.07, 6.45) is 3.81. The van der Waals surface area contributed by atoms with Gasteiger partial charge in [-0.2, -0.15) is 5.10 Å². The molecular weight excluding hydrogens is 373 g/mol. The second-order valence-corrected chi connectivity index (χ2v) is 7.82. The van der Waals surface area contributed by atoms with Crippen LogP contribution in [0.15, 0.2) is 18.2 Å². The number of nitrogens with one attached hydrogen (secondary N) is 1. The maximum Gasteiger partial charge on any atom is 0.322 e. The normalized spacial score (nSPS) is 16.5. The fourth-order valence-electron chi connectivity index (χ4n) is 4.06. The van der Waals surface area contributed by atoms with Gasteiger partial charge < -0.3 is 15.1 Å². The van der Waals surface area contributed by atoms with Crippen molar-refractivity contribution in [2.75, 3.05) is 25.0 Å². The molecule has 1 aromatic heterocycles. The van der Waals surface area contributed by atoms with Crippen LogP contribution in [0.3, 0.4) is 0 Å². The van der Waals surface area contributed by atoms with Gasteiger partial charge in [0.25, 0.3) is 5.91 Å². The molecule has 1 saturated heterocycles. The summed E-state index contributed by atoms with van der Waals surface area (Å²) >= 11 is 0. The van der Waals surface area contributed by atoms with Crippen molar-refractivity contribution in [1.29, 1.82) is 0 Å². The fraction of sp³-hybridized carbons (Fsp3) is 0.476. The van der Waals surface area contributed by atoms with Gasteiger partial charge >= 0.3 is 6.03 Å². The lowest BCUT2D eigenvalue weighted by Gasteiger charge is -2.29. The number of urea groups is 1. The van der Waals surface area contributed by atoms with Gasteiger partial charge in [0.05, 0.1) is 6.54 Å². The van der Waals surface area contributed by atoms with E-state index in [1.165, 1.54) is 6.07 Å². The standard InChI is InChI=1S/C21H26FN5O2/c1-14-6-7-15(12-17(14)22)23-21(29)27-11-8-18-16(13-27)19(24-25(18)2)20(28)26-9-4-3-5-10-26/h6-7,12H,3-5,8-11,13H2,1-2H3,(H,23,29). The van der Waals surface area contributed by atoms with Gasteiger partial charge in [0.2, 0.25) is 0 Å². The van der Waals surface area contributed by atoms with Gasteiger partial charge in [-0.05, 0) is 43.9 Å². The Balaban J connectivity index is 1.51. The Bertz CT molecular complexity index is 949. The fourth-order valence-corrected chi connectivity index (χ4v) is 4.06. The van der Waals surface area contributed by atoms with E-state index in [0.29, 0.717) is 36.5 Å². The molecule has 2 aliphatic heterocycles. The van der Waals surface area contributed by atoms with Crippen molar-refractivity contribution in [1.82, 2.24) is 19.6 Å². The maximum atomic E-state index is 13.8. The predicted octanol–water partition coefficient (Wildman–Crippen LogP) is 3.08. The molecule has 29 heavy (non-hydrogen) atoms. The lowest BCUT2D eigenvalue weighted by Crippen LogP contribution is -2.40. The number of aromatic nitrogens is 2. The van der Waals surface area contributed by atoms with Gasteiger partial charge in [0, 0.05) is 50.0 Å². The number of likely N-dealkylation sites (tertiary alicyclic amines) is 1. The average molecular weight is 399 g/mol. The van der Waals surface area contributed by atoms with Crippen molar-refractivity contribution in [3.05, 3.63) is 46.5 Å². The number of fused-ring (bicyclic) bond motifs is 1. The zero-order valence-corrected chi connectivity index (χ0v) is 16.9. The number of rotatable bonds is 2. The Morgan fingerprint density at radius 1 is 1.10 bits per heavy atom.